The van der Waals surface area contributed by atoms with Gasteiger partial charge in [0.15, 0.2) is 9.84 Å². The van der Waals surface area contributed by atoms with E-state index in [9.17, 15) is 18.0 Å². The summed E-state index contributed by atoms with van der Waals surface area (Å²) >= 11 is 1.40. The van der Waals surface area contributed by atoms with E-state index in [1.165, 1.54) is 42.7 Å². The molecule has 0 bridgehead atoms. The highest BCUT2D eigenvalue weighted by molar-refractivity contribution is 7.90. The fraction of sp³-hybridized carbons (Fsp3) is 0.400. The Kier molecular flexibility index (Phi) is 6.40. The van der Waals surface area contributed by atoms with E-state index in [1.54, 1.807) is 0 Å². The predicted octanol–water partition coefficient (Wildman–Crippen LogP) is 2.96. The zero-order chi connectivity index (χ0) is 21.2. The van der Waals surface area contributed by atoms with E-state index >= 15 is 0 Å². The van der Waals surface area contributed by atoms with E-state index in [-0.39, 0.29) is 4.90 Å². The lowest BCUT2D eigenvalue weighted by molar-refractivity contribution is 0.0600. The summed E-state index contributed by atoms with van der Waals surface area (Å²) in [5.74, 6) is -0.867. The third-order valence-corrected chi connectivity index (χ3v) is 7.10. The zero-order valence-corrected chi connectivity index (χ0v) is 18.3. The van der Waals surface area contributed by atoms with Crippen LogP contribution in [-0.4, -0.2) is 51.6 Å². The molecule has 0 aliphatic carbocycles. The molecule has 156 valence electrons. The lowest BCUT2D eigenvalue weighted by Crippen LogP contribution is -2.30. The fourth-order valence-electron chi connectivity index (χ4n) is 3.40. The molecule has 0 unspecified atom stereocenters. The fourth-order valence-corrected chi connectivity index (χ4v) is 5.30. The number of hydrogen-bond donors (Lipinski definition) is 1. The highest BCUT2D eigenvalue weighted by Gasteiger charge is 2.29. The first-order valence-electron chi connectivity index (χ1n) is 9.31. The SMILES string of the molecule is CCCN1CCc2c(sc(NC(=O)c3ccc(S(C)(=O)=O)cc3)c2C(=O)OC)C1. The highest BCUT2D eigenvalue weighted by atomic mass is 32.2. The van der Waals surface area contributed by atoms with Crippen LogP contribution in [0.25, 0.3) is 0 Å². The number of rotatable bonds is 6. The first-order chi connectivity index (χ1) is 13.7. The van der Waals surface area contributed by atoms with Crippen molar-refractivity contribution in [2.45, 2.75) is 31.2 Å². The van der Waals surface area contributed by atoms with Crippen molar-refractivity contribution >= 4 is 38.1 Å². The minimum atomic E-state index is -3.33. The van der Waals surface area contributed by atoms with Crippen LogP contribution in [0.3, 0.4) is 0 Å². The van der Waals surface area contributed by atoms with Crippen molar-refractivity contribution in [1.29, 1.82) is 0 Å². The molecule has 0 atom stereocenters. The lowest BCUT2D eigenvalue weighted by atomic mass is 10.0. The van der Waals surface area contributed by atoms with Crippen LogP contribution in [-0.2, 0) is 27.5 Å². The Morgan fingerprint density at radius 2 is 1.93 bits per heavy atom. The standard InChI is InChI=1S/C20H24N2O5S2/c1-4-10-22-11-9-15-16(12-22)28-19(17(15)20(24)27-2)21-18(23)13-5-7-14(8-6-13)29(3,25)26/h5-8H,4,9-12H2,1-3H3,(H,21,23). The Hall–Kier alpha value is -2.23. The number of carbonyl (C=O) groups excluding carboxylic acids is 2. The van der Waals surface area contributed by atoms with E-state index in [0.717, 1.165) is 49.2 Å². The van der Waals surface area contributed by atoms with Crippen LogP contribution in [0.1, 0.15) is 44.5 Å². The minimum Gasteiger partial charge on any atom is -0.465 e. The molecular formula is C20H24N2O5S2. The molecule has 1 aliphatic rings. The summed E-state index contributed by atoms with van der Waals surface area (Å²) in [5, 5.41) is 3.28. The second kappa shape index (κ2) is 8.64. The molecule has 29 heavy (non-hydrogen) atoms. The normalized spacial score (nSPS) is 14.3. The number of nitrogens with zero attached hydrogens (tertiary/aromatic N) is 1. The van der Waals surface area contributed by atoms with Crippen LogP contribution in [0.4, 0.5) is 5.00 Å². The number of esters is 1. The van der Waals surface area contributed by atoms with Crippen LogP contribution in [0.15, 0.2) is 29.2 Å². The van der Waals surface area contributed by atoms with Crippen molar-refractivity contribution in [3.8, 4) is 0 Å². The molecule has 0 spiro atoms. The van der Waals surface area contributed by atoms with Crippen molar-refractivity contribution < 1.29 is 22.7 Å². The molecule has 2 aromatic rings. The van der Waals surface area contributed by atoms with Gasteiger partial charge in [-0.2, -0.15) is 0 Å². The van der Waals surface area contributed by atoms with Crippen LogP contribution < -0.4 is 5.32 Å². The van der Waals surface area contributed by atoms with Crippen molar-refractivity contribution in [3.05, 3.63) is 45.8 Å². The third-order valence-electron chi connectivity index (χ3n) is 4.84. The molecular weight excluding hydrogens is 412 g/mol. The Bertz CT molecular complexity index is 1030. The Morgan fingerprint density at radius 3 is 2.52 bits per heavy atom. The Balaban J connectivity index is 1.88. The number of sulfone groups is 1. The molecule has 9 heteroatoms. The second-order valence-electron chi connectivity index (χ2n) is 6.98. The average molecular weight is 437 g/mol. The van der Waals surface area contributed by atoms with E-state index < -0.39 is 21.7 Å². The highest BCUT2D eigenvalue weighted by Crippen LogP contribution is 2.38. The maximum atomic E-state index is 12.7. The number of nitrogens with one attached hydrogen (secondary N) is 1. The maximum absolute atomic E-state index is 12.7. The van der Waals surface area contributed by atoms with Crippen molar-refractivity contribution in [1.82, 2.24) is 4.90 Å². The van der Waals surface area contributed by atoms with Crippen LogP contribution >= 0.6 is 11.3 Å². The molecule has 7 nitrogen and oxygen atoms in total. The van der Waals surface area contributed by atoms with E-state index in [4.69, 9.17) is 4.74 Å². The van der Waals surface area contributed by atoms with Gasteiger partial charge in [0.2, 0.25) is 0 Å². The van der Waals surface area contributed by atoms with Gasteiger partial charge >= 0.3 is 5.97 Å². The molecule has 3 rings (SSSR count). The van der Waals surface area contributed by atoms with E-state index in [2.05, 4.69) is 17.1 Å². The molecule has 0 fully saturated rings. The molecule has 0 radical (unpaired) electrons. The average Bonchev–Trinajstić information content (AvgIpc) is 3.04. The molecule has 1 N–H and O–H groups in total. The van der Waals surface area contributed by atoms with Gasteiger partial charge in [0.05, 0.1) is 17.6 Å². The molecule has 0 saturated carbocycles. The summed E-state index contributed by atoms with van der Waals surface area (Å²) in [6.07, 6.45) is 2.90. The maximum Gasteiger partial charge on any atom is 0.341 e. The summed E-state index contributed by atoms with van der Waals surface area (Å²) in [4.78, 5) is 28.6. The summed E-state index contributed by atoms with van der Waals surface area (Å²) in [7, 11) is -2.01. The van der Waals surface area contributed by atoms with Gasteiger partial charge in [-0.15, -0.1) is 11.3 Å². The number of fused-ring (bicyclic) bond motifs is 1. The molecule has 1 amide bonds. The molecule has 1 aliphatic heterocycles. The summed E-state index contributed by atoms with van der Waals surface area (Å²) in [5.41, 5.74) is 1.67. The molecule has 0 saturated heterocycles. The van der Waals surface area contributed by atoms with Gasteiger partial charge in [-0.1, -0.05) is 6.92 Å². The van der Waals surface area contributed by atoms with E-state index in [0.29, 0.717) is 16.1 Å². The largest absolute Gasteiger partial charge is 0.465 e. The summed E-state index contributed by atoms with van der Waals surface area (Å²) < 4.78 is 28.1. The van der Waals surface area contributed by atoms with E-state index in [1.807, 2.05) is 0 Å². The number of carbonyl (C=O) groups is 2. The Morgan fingerprint density at radius 1 is 1.24 bits per heavy atom. The topological polar surface area (TPSA) is 92.8 Å². The first kappa shape index (κ1) is 21.5. The molecule has 1 aromatic carbocycles. The van der Waals surface area contributed by atoms with Gasteiger partial charge in [0, 0.05) is 29.8 Å². The minimum absolute atomic E-state index is 0.145. The number of benzene rings is 1. The summed E-state index contributed by atoms with van der Waals surface area (Å²) in [6.45, 7) is 4.72. The van der Waals surface area contributed by atoms with Crippen LogP contribution in [0.5, 0.6) is 0 Å². The lowest BCUT2D eigenvalue weighted by Gasteiger charge is -2.26. The summed E-state index contributed by atoms with van der Waals surface area (Å²) in [6, 6.07) is 5.71. The molecule has 2 heterocycles. The monoisotopic (exact) mass is 436 g/mol. The van der Waals surface area contributed by atoms with Gasteiger partial charge < -0.3 is 10.1 Å². The van der Waals surface area contributed by atoms with Crippen LogP contribution in [0, 0.1) is 0 Å². The quantitative estimate of drug-likeness (QED) is 0.700. The van der Waals surface area contributed by atoms with Gasteiger partial charge in [-0.25, -0.2) is 13.2 Å². The number of hydrogen-bond acceptors (Lipinski definition) is 7. The number of amides is 1. The predicted molar refractivity (Wildman–Crippen MR) is 112 cm³/mol. The number of methoxy groups -OCH3 is 1. The number of thiophene rings is 1. The second-order valence-corrected chi connectivity index (χ2v) is 10.1. The van der Waals surface area contributed by atoms with Gasteiger partial charge in [-0.05, 0) is 49.2 Å². The molecule has 1 aromatic heterocycles. The third kappa shape index (κ3) is 4.68. The Labute approximate surface area is 174 Å². The first-order valence-corrected chi connectivity index (χ1v) is 12.0. The zero-order valence-electron chi connectivity index (χ0n) is 16.6. The van der Waals surface area contributed by atoms with Crippen molar-refractivity contribution in [2.75, 3.05) is 31.8 Å². The van der Waals surface area contributed by atoms with Gasteiger partial charge in [0.1, 0.15) is 5.00 Å². The smallest absolute Gasteiger partial charge is 0.341 e. The van der Waals surface area contributed by atoms with Crippen molar-refractivity contribution in [2.24, 2.45) is 0 Å². The van der Waals surface area contributed by atoms with Crippen molar-refractivity contribution in [3.63, 3.8) is 0 Å². The number of ether oxygens (including phenoxy) is 1. The number of anilines is 1. The van der Waals surface area contributed by atoms with Gasteiger partial charge in [0.25, 0.3) is 5.91 Å². The van der Waals surface area contributed by atoms with Crippen LogP contribution in [0.2, 0.25) is 0 Å². The van der Waals surface area contributed by atoms with Gasteiger partial charge in [-0.3, -0.25) is 9.69 Å².